The molecule has 0 aromatic heterocycles. The summed E-state index contributed by atoms with van der Waals surface area (Å²) in [5.41, 5.74) is 0. The van der Waals surface area contributed by atoms with Crippen LogP contribution in [0, 0.1) is 0 Å². The molecule has 143 valence electrons. The maximum atomic E-state index is 8.88. The van der Waals surface area contributed by atoms with E-state index in [2.05, 4.69) is 6.92 Å². The second-order valence-electron chi connectivity index (χ2n) is 6.67. The van der Waals surface area contributed by atoms with Gasteiger partial charge in [0, 0.05) is 0 Å². The normalized spacial score (nSPS) is 11.2. The van der Waals surface area contributed by atoms with Crippen LogP contribution in [0.2, 0.25) is 3.98 Å². The standard InChI is InChI=1S/C18H37.Cd.H3O4P/c1-3-5-7-9-11-13-15-17-18-16-14-12-10-8-6-4-2;;1-5(2,3)4/h1,3-18H2,2H3;;(H3,1,2,3,4). The molecule has 0 bridgehead atoms. The molecule has 0 heterocycles. The minimum atomic E-state index is -4.64. The molecule has 0 fully saturated rings. The Labute approximate surface area is 166 Å². The van der Waals surface area contributed by atoms with Crippen molar-refractivity contribution in [3.8, 4) is 0 Å². The van der Waals surface area contributed by atoms with Gasteiger partial charge in [0.2, 0.25) is 0 Å². The van der Waals surface area contributed by atoms with Gasteiger partial charge in [0.1, 0.15) is 0 Å². The van der Waals surface area contributed by atoms with Crippen molar-refractivity contribution in [2.45, 2.75) is 114 Å². The minimum absolute atomic E-state index is 1.21. The van der Waals surface area contributed by atoms with E-state index >= 15 is 0 Å². The van der Waals surface area contributed by atoms with E-state index in [4.69, 9.17) is 19.2 Å². The number of unbranched alkanes of at least 4 members (excludes halogenated alkanes) is 15. The third kappa shape index (κ3) is 38.5. The SMILES string of the molecule is CCCCCCCCCCCCCCCCC[CH2][Cd].O=P(O)(O)O. The number of rotatable bonds is 16. The molecule has 0 aliphatic carbocycles. The topological polar surface area (TPSA) is 77.8 Å². The molecular weight excluding hydrogens is 424 g/mol. The van der Waals surface area contributed by atoms with Crippen molar-refractivity contribution >= 4 is 7.82 Å². The van der Waals surface area contributed by atoms with Gasteiger partial charge >= 0.3 is 108 Å². The summed E-state index contributed by atoms with van der Waals surface area (Å²) in [5.74, 6) is 0. The number of hydrogen-bond donors (Lipinski definition) is 3. The smallest absolute Gasteiger partial charge is 0.303 e. The molecule has 0 saturated heterocycles. The van der Waals surface area contributed by atoms with Gasteiger partial charge in [-0.3, -0.25) is 0 Å². The van der Waals surface area contributed by atoms with Crippen LogP contribution in [0.1, 0.15) is 110 Å². The molecule has 0 aliphatic heterocycles. The fraction of sp³-hybridized carbons (Fsp3) is 1.00. The zero-order chi connectivity index (χ0) is 18.5. The van der Waals surface area contributed by atoms with E-state index in [1.165, 1.54) is 129 Å². The van der Waals surface area contributed by atoms with Crippen LogP contribution in [-0.2, 0) is 30.3 Å². The Morgan fingerprint density at radius 2 is 0.792 bits per heavy atom. The average molecular weight is 464 g/mol. The first-order valence-electron chi connectivity index (χ1n) is 9.99. The van der Waals surface area contributed by atoms with Gasteiger partial charge < -0.3 is 14.7 Å². The predicted molar refractivity (Wildman–Crippen MR) is 98.6 cm³/mol. The first-order valence-corrected chi connectivity index (χ1v) is 14.4. The van der Waals surface area contributed by atoms with Crippen molar-refractivity contribution in [1.82, 2.24) is 0 Å². The van der Waals surface area contributed by atoms with Gasteiger partial charge in [0.05, 0.1) is 0 Å². The van der Waals surface area contributed by atoms with Crippen LogP contribution in [0.25, 0.3) is 0 Å². The van der Waals surface area contributed by atoms with Crippen molar-refractivity contribution in [3.05, 3.63) is 0 Å². The fourth-order valence-electron chi connectivity index (χ4n) is 2.72. The molecule has 0 aromatic carbocycles. The minimum Gasteiger partial charge on any atom is -0.303 e. The number of hydrogen-bond acceptors (Lipinski definition) is 1. The first-order chi connectivity index (χ1) is 11.4. The van der Waals surface area contributed by atoms with Crippen molar-refractivity contribution in [1.29, 1.82) is 0 Å². The summed E-state index contributed by atoms with van der Waals surface area (Å²) in [5, 5.41) is 0. The molecule has 0 aliphatic rings. The van der Waals surface area contributed by atoms with Gasteiger partial charge in [-0.2, -0.15) is 0 Å². The summed E-state index contributed by atoms with van der Waals surface area (Å²) in [4.78, 5) is 21.6. The zero-order valence-corrected chi connectivity index (χ0v) is 20.9. The molecule has 0 rings (SSSR count). The van der Waals surface area contributed by atoms with Gasteiger partial charge in [-0.25, -0.2) is 4.57 Å². The molecule has 0 spiro atoms. The van der Waals surface area contributed by atoms with Gasteiger partial charge in [-0.1, -0.05) is 39.0 Å². The molecule has 0 saturated carbocycles. The second-order valence-corrected chi connectivity index (χ2v) is 9.71. The average Bonchev–Trinajstić information content (AvgIpc) is 2.49. The van der Waals surface area contributed by atoms with E-state index in [1.54, 1.807) is 3.98 Å². The third-order valence-electron chi connectivity index (χ3n) is 4.10. The molecule has 0 radical (unpaired) electrons. The van der Waals surface area contributed by atoms with E-state index in [9.17, 15) is 0 Å². The van der Waals surface area contributed by atoms with Crippen LogP contribution < -0.4 is 0 Å². The first kappa shape index (κ1) is 27.3. The third-order valence-corrected chi connectivity index (χ3v) is 5.53. The van der Waals surface area contributed by atoms with Gasteiger partial charge in [-0.05, 0) is 0 Å². The monoisotopic (exact) mass is 465 g/mol. The number of phosphoric acid groups is 1. The Hall–Kier alpha value is 1.03. The van der Waals surface area contributed by atoms with Crippen molar-refractivity contribution in [3.63, 3.8) is 0 Å². The van der Waals surface area contributed by atoms with E-state index in [0.29, 0.717) is 0 Å². The Morgan fingerprint density at radius 3 is 1.00 bits per heavy atom. The second kappa shape index (κ2) is 22.1. The molecule has 0 atom stereocenters. The maximum Gasteiger partial charge on any atom is 0.466 e. The Balaban J connectivity index is 0. The van der Waals surface area contributed by atoms with E-state index in [-0.39, 0.29) is 0 Å². The molecular formula is C18H40CdO4P. The van der Waals surface area contributed by atoms with Gasteiger partial charge in [0.25, 0.3) is 0 Å². The van der Waals surface area contributed by atoms with Gasteiger partial charge in [-0.15, -0.1) is 0 Å². The molecule has 0 aromatic rings. The molecule has 6 heteroatoms. The fourth-order valence-corrected chi connectivity index (χ4v) is 3.73. The molecule has 3 N–H and O–H groups in total. The largest absolute Gasteiger partial charge is 0.466 e. The molecule has 0 unspecified atom stereocenters. The van der Waals surface area contributed by atoms with Gasteiger partial charge in [0.15, 0.2) is 0 Å². The Bertz CT molecular complexity index is 247. The van der Waals surface area contributed by atoms with Crippen molar-refractivity contribution in [2.75, 3.05) is 0 Å². The molecule has 0 amide bonds. The summed E-state index contributed by atoms with van der Waals surface area (Å²) in [6, 6.07) is 0. The quantitative estimate of drug-likeness (QED) is 0.143. The Kier molecular flexibility index (Phi) is 25.1. The van der Waals surface area contributed by atoms with Crippen molar-refractivity contribution < 1.29 is 45.0 Å². The van der Waals surface area contributed by atoms with E-state index in [0.717, 1.165) is 0 Å². The van der Waals surface area contributed by atoms with Crippen LogP contribution in [-0.4, -0.2) is 14.7 Å². The van der Waals surface area contributed by atoms with Crippen LogP contribution in [0.15, 0.2) is 0 Å². The summed E-state index contributed by atoms with van der Waals surface area (Å²) < 4.78 is 10.4. The maximum absolute atomic E-state index is 8.88. The summed E-state index contributed by atoms with van der Waals surface area (Å²) in [6.45, 7) is 2.30. The predicted octanol–water partition coefficient (Wildman–Crippen LogP) is 6.28. The van der Waals surface area contributed by atoms with Crippen LogP contribution in [0.4, 0.5) is 0 Å². The summed E-state index contributed by atoms with van der Waals surface area (Å²) in [7, 11) is -4.64. The van der Waals surface area contributed by atoms with Crippen LogP contribution >= 0.6 is 7.82 Å². The van der Waals surface area contributed by atoms with Crippen molar-refractivity contribution in [2.24, 2.45) is 0 Å². The summed E-state index contributed by atoms with van der Waals surface area (Å²) >= 11 is 1.21. The Morgan fingerprint density at radius 1 is 0.583 bits per heavy atom. The van der Waals surface area contributed by atoms with Crippen LogP contribution in [0.5, 0.6) is 0 Å². The van der Waals surface area contributed by atoms with E-state index < -0.39 is 7.82 Å². The van der Waals surface area contributed by atoms with Crippen LogP contribution in [0.3, 0.4) is 0 Å². The molecule has 24 heavy (non-hydrogen) atoms. The zero-order valence-electron chi connectivity index (χ0n) is 15.9. The van der Waals surface area contributed by atoms with E-state index in [1.807, 2.05) is 0 Å². The molecule has 4 nitrogen and oxygen atoms in total. The summed E-state index contributed by atoms with van der Waals surface area (Å²) in [6.07, 6.45) is 23.8.